The largest absolute Gasteiger partial charge is 0.481 e. The molecule has 0 radical (unpaired) electrons. The minimum atomic E-state index is -0.825. The van der Waals surface area contributed by atoms with Gasteiger partial charge in [-0.3, -0.25) is 19.7 Å². The van der Waals surface area contributed by atoms with Crippen LogP contribution in [0.3, 0.4) is 0 Å². The maximum atomic E-state index is 12.5. The summed E-state index contributed by atoms with van der Waals surface area (Å²) in [6.45, 7) is 0.459. The third-order valence-corrected chi connectivity index (χ3v) is 6.56. The molecule has 0 aliphatic heterocycles. The van der Waals surface area contributed by atoms with Crippen molar-refractivity contribution >= 4 is 50.8 Å². The fourth-order valence-corrected chi connectivity index (χ4v) is 4.42. The van der Waals surface area contributed by atoms with Crippen molar-refractivity contribution in [3.05, 3.63) is 38.9 Å². The molecule has 0 atom stereocenters. The summed E-state index contributed by atoms with van der Waals surface area (Å²) in [5, 5.41) is 22.5. The predicted molar refractivity (Wildman–Crippen MR) is 99.2 cm³/mol. The number of nitrogens with zero attached hydrogens (tertiary/aromatic N) is 1. The summed E-state index contributed by atoms with van der Waals surface area (Å²) in [7, 11) is 2.96. The molecular formula is C15H17ClN2O5S2. The molecule has 2 N–H and O–H groups in total. The zero-order valence-corrected chi connectivity index (χ0v) is 15.6. The number of halogens is 1. The van der Waals surface area contributed by atoms with Crippen LogP contribution in [0.5, 0.6) is 0 Å². The van der Waals surface area contributed by atoms with Gasteiger partial charge in [0.2, 0.25) is 5.91 Å². The Kier molecular flexibility index (Phi) is 6.97. The van der Waals surface area contributed by atoms with E-state index >= 15 is 0 Å². The maximum Gasteiger partial charge on any atom is 0.304 e. The average Bonchev–Trinajstić information content (AvgIpc) is 3.35. The van der Waals surface area contributed by atoms with Crippen LogP contribution in [-0.4, -0.2) is 40.0 Å². The van der Waals surface area contributed by atoms with Gasteiger partial charge in [0.05, 0.1) is 16.8 Å². The molecule has 0 spiro atoms. The number of nitrogens with one attached hydrogen (secondary N) is 1. The first-order chi connectivity index (χ1) is 11.9. The zero-order valence-electron chi connectivity index (χ0n) is 13.2. The maximum absolute atomic E-state index is 12.5. The molecule has 0 saturated heterocycles. The number of carboxylic acids is 1. The van der Waals surface area contributed by atoms with Crippen LogP contribution in [0.25, 0.3) is 0 Å². The Morgan fingerprint density at radius 1 is 1.32 bits per heavy atom. The van der Waals surface area contributed by atoms with E-state index in [1.807, 2.05) is 0 Å². The van der Waals surface area contributed by atoms with Gasteiger partial charge < -0.3 is 10.4 Å². The van der Waals surface area contributed by atoms with Crippen LogP contribution in [0.1, 0.15) is 24.8 Å². The van der Waals surface area contributed by atoms with Crippen molar-refractivity contribution in [1.82, 2.24) is 5.32 Å². The Morgan fingerprint density at radius 2 is 2.00 bits per heavy atom. The summed E-state index contributed by atoms with van der Waals surface area (Å²) in [6, 6.07) is 4.50. The molecule has 0 bridgehead atoms. The third-order valence-electron chi connectivity index (χ3n) is 3.83. The van der Waals surface area contributed by atoms with Gasteiger partial charge in [-0.1, -0.05) is 39.3 Å². The number of nitro benzene ring substituents is 1. The van der Waals surface area contributed by atoms with Gasteiger partial charge in [0, 0.05) is 24.1 Å². The van der Waals surface area contributed by atoms with E-state index in [0.717, 1.165) is 0 Å². The molecular weight excluding hydrogens is 388 g/mol. The number of nitro groups is 1. The molecule has 1 aromatic carbocycles. The Labute approximate surface area is 157 Å². The summed E-state index contributed by atoms with van der Waals surface area (Å²) in [4.78, 5) is 33.3. The van der Waals surface area contributed by atoms with Gasteiger partial charge in [-0.05, 0) is 24.5 Å². The summed E-state index contributed by atoms with van der Waals surface area (Å²) in [5.41, 5.74) is -0.274. The summed E-state index contributed by atoms with van der Waals surface area (Å²) in [6.07, 6.45) is 1.42. The van der Waals surface area contributed by atoms with Gasteiger partial charge in [0.1, 0.15) is 5.02 Å². The lowest BCUT2D eigenvalue weighted by molar-refractivity contribution is -0.384. The summed E-state index contributed by atoms with van der Waals surface area (Å²) >= 11 is 5.82. The second kappa shape index (κ2) is 8.77. The number of carbonyl (C=O) groups is 2. The Bertz CT molecular complexity index is 682. The van der Waals surface area contributed by atoms with E-state index in [-0.39, 0.29) is 23.0 Å². The highest BCUT2D eigenvalue weighted by atomic mass is 35.5. The van der Waals surface area contributed by atoms with E-state index in [1.165, 1.54) is 33.7 Å². The second-order valence-corrected chi connectivity index (χ2v) is 8.66. The number of carboxylic acid groups (broad SMARTS) is 1. The molecule has 1 aliphatic carbocycles. The van der Waals surface area contributed by atoms with Crippen molar-refractivity contribution < 1.29 is 19.6 Å². The number of hydrogen-bond donors (Lipinski definition) is 2. The molecule has 1 saturated carbocycles. The molecule has 136 valence electrons. The fraction of sp³-hybridized carbons (Fsp3) is 0.467. The minimum absolute atomic E-state index is 0.0553. The molecule has 1 amide bonds. The highest BCUT2D eigenvalue weighted by Crippen LogP contribution is 2.49. The Balaban J connectivity index is 1.84. The van der Waals surface area contributed by atoms with Crippen molar-refractivity contribution in [2.24, 2.45) is 0 Å². The number of amides is 1. The molecule has 0 aromatic heterocycles. The molecule has 1 fully saturated rings. The molecule has 25 heavy (non-hydrogen) atoms. The van der Waals surface area contributed by atoms with Crippen LogP contribution in [-0.2, 0) is 15.0 Å². The molecule has 2 rings (SSSR count). The molecule has 1 aromatic rings. The monoisotopic (exact) mass is 404 g/mol. The second-order valence-electron chi connectivity index (χ2n) is 5.55. The Morgan fingerprint density at radius 3 is 2.60 bits per heavy atom. The number of aliphatic carboxylic acids is 1. The van der Waals surface area contributed by atoms with E-state index in [1.54, 1.807) is 6.07 Å². The van der Waals surface area contributed by atoms with Crippen molar-refractivity contribution in [3.8, 4) is 0 Å². The number of rotatable bonds is 10. The Hall–Kier alpha value is -1.45. The highest BCUT2D eigenvalue weighted by Gasteiger charge is 2.51. The van der Waals surface area contributed by atoms with Crippen molar-refractivity contribution in [3.63, 3.8) is 0 Å². The van der Waals surface area contributed by atoms with E-state index in [2.05, 4.69) is 5.32 Å². The van der Waals surface area contributed by atoms with Crippen molar-refractivity contribution in [2.75, 3.05) is 18.1 Å². The van der Waals surface area contributed by atoms with E-state index in [0.29, 0.717) is 36.5 Å². The first-order valence-corrected chi connectivity index (χ1v) is 10.4. The summed E-state index contributed by atoms with van der Waals surface area (Å²) < 4.78 is 0. The van der Waals surface area contributed by atoms with Crippen LogP contribution in [0.4, 0.5) is 5.69 Å². The standard InChI is InChI=1S/C15H17ClN2O5S2/c16-11-2-1-10(9-12(11)18(22)23)15(4-5-15)14(21)17-6-8-25-24-7-3-13(19)20/h1-2,9H,3-8H2,(H,17,21)(H,19,20). The average molecular weight is 405 g/mol. The molecule has 0 unspecified atom stereocenters. The van der Waals surface area contributed by atoms with E-state index in [9.17, 15) is 19.7 Å². The van der Waals surface area contributed by atoms with Crippen LogP contribution in [0.15, 0.2) is 18.2 Å². The predicted octanol–water partition coefficient (Wildman–Crippen LogP) is 3.25. The van der Waals surface area contributed by atoms with Gasteiger partial charge >= 0.3 is 5.97 Å². The SMILES string of the molecule is O=C(O)CCSSCCNC(=O)C1(c2ccc(Cl)c([N+](=O)[O-])c2)CC1. The van der Waals surface area contributed by atoms with Crippen LogP contribution in [0.2, 0.25) is 5.02 Å². The zero-order chi connectivity index (χ0) is 18.4. The molecule has 1 aliphatic rings. The smallest absolute Gasteiger partial charge is 0.304 e. The van der Waals surface area contributed by atoms with Gasteiger partial charge in [-0.2, -0.15) is 0 Å². The number of hydrogen-bond acceptors (Lipinski definition) is 6. The van der Waals surface area contributed by atoms with Gasteiger partial charge in [-0.25, -0.2) is 0 Å². The van der Waals surface area contributed by atoms with Crippen LogP contribution < -0.4 is 5.32 Å². The van der Waals surface area contributed by atoms with Gasteiger partial charge in [-0.15, -0.1) is 0 Å². The summed E-state index contributed by atoms with van der Waals surface area (Å²) in [5.74, 6) is 0.216. The minimum Gasteiger partial charge on any atom is -0.481 e. The number of carbonyl (C=O) groups excluding carboxylic acids is 1. The third kappa shape index (κ3) is 5.26. The molecule has 0 heterocycles. The lowest BCUT2D eigenvalue weighted by Crippen LogP contribution is -2.36. The van der Waals surface area contributed by atoms with Crippen LogP contribution >= 0.6 is 33.2 Å². The highest BCUT2D eigenvalue weighted by molar-refractivity contribution is 8.76. The lowest BCUT2D eigenvalue weighted by Gasteiger charge is -2.15. The normalized spacial score (nSPS) is 14.8. The van der Waals surface area contributed by atoms with Crippen molar-refractivity contribution in [2.45, 2.75) is 24.7 Å². The first-order valence-electron chi connectivity index (χ1n) is 7.56. The first kappa shape index (κ1) is 19.9. The van der Waals surface area contributed by atoms with E-state index < -0.39 is 16.3 Å². The van der Waals surface area contributed by atoms with Gasteiger partial charge in [0.25, 0.3) is 5.69 Å². The van der Waals surface area contributed by atoms with E-state index in [4.69, 9.17) is 16.7 Å². The molecule has 7 nitrogen and oxygen atoms in total. The number of benzene rings is 1. The fourth-order valence-electron chi connectivity index (χ4n) is 2.34. The van der Waals surface area contributed by atoms with Gasteiger partial charge in [0.15, 0.2) is 0 Å². The van der Waals surface area contributed by atoms with Crippen molar-refractivity contribution in [1.29, 1.82) is 0 Å². The lowest BCUT2D eigenvalue weighted by atomic mass is 9.94. The molecule has 10 heteroatoms. The topological polar surface area (TPSA) is 110 Å². The van der Waals surface area contributed by atoms with Crippen LogP contribution in [0, 0.1) is 10.1 Å². The quantitative estimate of drug-likeness (QED) is 0.266.